The Labute approximate surface area is 152 Å². The van der Waals surface area contributed by atoms with Crippen molar-refractivity contribution in [3.63, 3.8) is 0 Å². The lowest BCUT2D eigenvalue weighted by Gasteiger charge is -2.21. The number of nitrogens with zero attached hydrogens (tertiary/aromatic N) is 2. The third kappa shape index (κ3) is 8.40. The van der Waals surface area contributed by atoms with Gasteiger partial charge in [0.05, 0.1) is 13.0 Å². The maximum Gasteiger partial charge on any atom is 0.306 e. The molecule has 1 aromatic rings. The van der Waals surface area contributed by atoms with Crippen LogP contribution in [0.15, 0.2) is 8.68 Å². The zero-order valence-corrected chi connectivity index (χ0v) is 17.4. The van der Waals surface area contributed by atoms with Gasteiger partial charge in [-0.25, -0.2) is 0 Å². The van der Waals surface area contributed by atoms with Crippen molar-refractivity contribution >= 4 is 40.8 Å². The Morgan fingerprint density at radius 2 is 1.78 bits per heavy atom. The molecule has 0 atom stereocenters. The van der Waals surface area contributed by atoms with Crippen molar-refractivity contribution in [2.24, 2.45) is 5.41 Å². The van der Waals surface area contributed by atoms with E-state index in [0.29, 0.717) is 18.8 Å². The first kappa shape index (κ1) is 20.8. The Morgan fingerprint density at radius 3 is 2.39 bits per heavy atom. The van der Waals surface area contributed by atoms with Gasteiger partial charge in [0, 0.05) is 10.5 Å². The van der Waals surface area contributed by atoms with Crippen molar-refractivity contribution in [2.75, 3.05) is 12.4 Å². The molecular formula is C16H28N2O2S3. The second-order valence-electron chi connectivity index (χ2n) is 6.83. The highest BCUT2D eigenvalue weighted by atomic mass is 32.2. The van der Waals surface area contributed by atoms with Gasteiger partial charge in [-0.15, -0.1) is 10.2 Å². The zero-order chi connectivity index (χ0) is 17.5. The minimum absolute atomic E-state index is 0.0558. The van der Waals surface area contributed by atoms with Gasteiger partial charge >= 0.3 is 5.97 Å². The van der Waals surface area contributed by atoms with Gasteiger partial charge in [-0.1, -0.05) is 76.4 Å². The van der Waals surface area contributed by atoms with Gasteiger partial charge in [-0.05, 0) is 18.3 Å². The Kier molecular flexibility index (Phi) is 8.38. The summed E-state index contributed by atoms with van der Waals surface area (Å²) in [5.41, 5.74) is 0.0558. The summed E-state index contributed by atoms with van der Waals surface area (Å²) < 4.78 is 7.42. The third-order valence-electron chi connectivity index (χ3n) is 3.72. The summed E-state index contributed by atoms with van der Waals surface area (Å²) in [5, 5.41) is 8.41. The van der Waals surface area contributed by atoms with E-state index in [0.717, 1.165) is 21.5 Å². The van der Waals surface area contributed by atoms with Crippen LogP contribution in [0.3, 0.4) is 0 Å². The molecule has 0 unspecified atom stereocenters. The van der Waals surface area contributed by atoms with E-state index in [1.165, 1.54) is 0 Å². The van der Waals surface area contributed by atoms with E-state index in [4.69, 9.17) is 4.74 Å². The average molecular weight is 377 g/mol. The lowest BCUT2D eigenvalue weighted by atomic mass is 9.92. The van der Waals surface area contributed by atoms with Crippen LogP contribution in [0.25, 0.3) is 0 Å². The van der Waals surface area contributed by atoms with Crippen molar-refractivity contribution in [1.29, 1.82) is 0 Å². The van der Waals surface area contributed by atoms with Crippen LogP contribution in [-0.4, -0.2) is 33.3 Å². The van der Waals surface area contributed by atoms with Crippen LogP contribution < -0.4 is 0 Å². The summed E-state index contributed by atoms with van der Waals surface area (Å²) in [7, 11) is 0. The number of hydrogen-bond acceptors (Lipinski definition) is 7. The zero-order valence-electron chi connectivity index (χ0n) is 15.0. The smallest absolute Gasteiger partial charge is 0.306 e. The lowest BCUT2D eigenvalue weighted by Crippen LogP contribution is -2.21. The summed E-state index contributed by atoms with van der Waals surface area (Å²) in [6, 6.07) is 0. The molecule has 0 saturated carbocycles. The minimum atomic E-state index is -0.134. The van der Waals surface area contributed by atoms with E-state index in [1.807, 2.05) is 0 Å². The minimum Gasteiger partial charge on any atom is -0.465 e. The van der Waals surface area contributed by atoms with Crippen molar-refractivity contribution in [3.05, 3.63) is 0 Å². The number of ether oxygens (including phenoxy) is 1. The second kappa shape index (κ2) is 9.28. The van der Waals surface area contributed by atoms with Crippen molar-refractivity contribution < 1.29 is 9.53 Å². The number of esters is 1. The van der Waals surface area contributed by atoms with Gasteiger partial charge in [0.2, 0.25) is 0 Å². The first-order valence-electron chi connectivity index (χ1n) is 7.98. The second-order valence-corrected chi connectivity index (χ2v) is 11.1. The van der Waals surface area contributed by atoms with Gasteiger partial charge in [0.25, 0.3) is 0 Å². The maximum absolute atomic E-state index is 11.8. The number of thioether (sulfide) groups is 2. The molecule has 4 nitrogen and oxygen atoms in total. The first-order valence-corrected chi connectivity index (χ1v) is 10.6. The van der Waals surface area contributed by atoms with Crippen LogP contribution >= 0.6 is 34.9 Å². The highest BCUT2D eigenvalue weighted by Gasteiger charge is 2.20. The summed E-state index contributed by atoms with van der Waals surface area (Å²) in [5.74, 6) is 0.548. The number of carbonyl (C=O) groups excluding carboxylic acids is 1. The van der Waals surface area contributed by atoms with Gasteiger partial charge < -0.3 is 4.74 Å². The topological polar surface area (TPSA) is 52.1 Å². The molecule has 0 aromatic carbocycles. The molecule has 0 spiro atoms. The first-order chi connectivity index (χ1) is 10.7. The van der Waals surface area contributed by atoms with Crippen LogP contribution in [-0.2, 0) is 9.53 Å². The quantitative estimate of drug-likeness (QED) is 0.409. The molecule has 0 saturated heterocycles. The van der Waals surface area contributed by atoms with E-state index >= 15 is 0 Å². The molecule has 7 heteroatoms. The monoisotopic (exact) mass is 376 g/mol. The highest BCUT2D eigenvalue weighted by molar-refractivity contribution is 8.04. The number of rotatable bonds is 10. The van der Waals surface area contributed by atoms with Gasteiger partial charge in [0.1, 0.15) is 0 Å². The van der Waals surface area contributed by atoms with E-state index < -0.39 is 0 Å². The summed E-state index contributed by atoms with van der Waals surface area (Å²) in [6.07, 6.45) is 2.49. The van der Waals surface area contributed by atoms with Crippen molar-refractivity contribution in [2.45, 2.75) is 74.2 Å². The fraction of sp³-hybridized carbons (Fsp3) is 0.812. The fourth-order valence-electron chi connectivity index (χ4n) is 1.28. The number of hydrogen-bond donors (Lipinski definition) is 0. The van der Waals surface area contributed by atoms with Crippen LogP contribution in [0.1, 0.15) is 60.8 Å². The lowest BCUT2D eigenvalue weighted by molar-refractivity contribution is -0.146. The molecule has 132 valence electrons. The fourth-order valence-corrected chi connectivity index (χ4v) is 4.79. The SMILES string of the molecule is CCC(C)(C)COC(=O)CCSc1nnc(SC(C)(C)CC)s1. The molecule has 0 fully saturated rings. The van der Waals surface area contributed by atoms with Crippen molar-refractivity contribution in [1.82, 2.24) is 10.2 Å². The molecule has 0 aliphatic heterocycles. The Morgan fingerprint density at radius 1 is 1.13 bits per heavy atom. The van der Waals surface area contributed by atoms with Gasteiger partial charge in [-0.3, -0.25) is 4.79 Å². The summed E-state index contributed by atoms with van der Waals surface area (Å²) in [4.78, 5) is 11.8. The van der Waals surface area contributed by atoms with E-state index in [9.17, 15) is 4.79 Å². The molecule has 1 rings (SSSR count). The molecule has 23 heavy (non-hydrogen) atoms. The summed E-state index contributed by atoms with van der Waals surface area (Å²) >= 11 is 4.93. The maximum atomic E-state index is 11.8. The Hall–Kier alpha value is -0.270. The molecular weight excluding hydrogens is 348 g/mol. The Bertz CT molecular complexity index is 501. The van der Waals surface area contributed by atoms with Crippen LogP contribution in [0.2, 0.25) is 0 Å². The summed E-state index contributed by atoms with van der Waals surface area (Å²) in [6.45, 7) is 13.4. The molecule has 0 radical (unpaired) electrons. The van der Waals surface area contributed by atoms with Crippen LogP contribution in [0.4, 0.5) is 0 Å². The predicted molar refractivity (Wildman–Crippen MR) is 101 cm³/mol. The standard InChI is InChI=1S/C16H28N2O2S3/c1-7-15(3,4)11-20-12(19)9-10-21-13-17-18-14(22-13)23-16(5,6)8-2/h7-11H2,1-6H3. The van der Waals surface area contributed by atoms with Crippen LogP contribution in [0.5, 0.6) is 0 Å². The molecule has 0 aliphatic carbocycles. The molecule has 0 N–H and O–H groups in total. The predicted octanol–water partition coefficient (Wildman–Crippen LogP) is 5.28. The van der Waals surface area contributed by atoms with Gasteiger partial charge in [-0.2, -0.15) is 0 Å². The van der Waals surface area contributed by atoms with E-state index in [2.05, 4.69) is 51.7 Å². The molecule has 1 aromatic heterocycles. The van der Waals surface area contributed by atoms with E-state index in [-0.39, 0.29) is 16.1 Å². The van der Waals surface area contributed by atoms with E-state index in [1.54, 1.807) is 34.9 Å². The highest BCUT2D eigenvalue weighted by Crippen LogP contribution is 2.38. The Balaban J connectivity index is 2.31. The normalized spacial score (nSPS) is 12.4. The molecule has 1 heterocycles. The van der Waals surface area contributed by atoms with Gasteiger partial charge in [0.15, 0.2) is 8.68 Å². The number of aromatic nitrogens is 2. The third-order valence-corrected chi connectivity index (χ3v) is 7.17. The molecule has 0 bridgehead atoms. The van der Waals surface area contributed by atoms with Crippen molar-refractivity contribution in [3.8, 4) is 0 Å². The number of carbonyl (C=O) groups is 1. The van der Waals surface area contributed by atoms with Crippen LogP contribution in [0, 0.1) is 5.41 Å². The molecule has 0 amide bonds. The molecule has 0 aliphatic rings. The average Bonchev–Trinajstić information content (AvgIpc) is 2.92. The largest absolute Gasteiger partial charge is 0.465 e.